The van der Waals surface area contributed by atoms with Crippen molar-refractivity contribution in [1.29, 1.82) is 0 Å². The van der Waals surface area contributed by atoms with Crippen LogP contribution in [-0.2, 0) is 9.59 Å². The Morgan fingerprint density at radius 1 is 0.842 bits per heavy atom. The van der Waals surface area contributed by atoms with Gasteiger partial charge in [-0.1, -0.05) is 42.5 Å². The van der Waals surface area contributed by atoms with Crippen LogP contribution in [0, 0.1) is 0 Å². The lowest BCUT2D eigenvalue weighted by Gasteiger charge is -2.24. The molecule has 4 N–H and O–H groups in total. The number of methoxy groups -OCH3 is 2. The van der Waals surface area contributed by atoms with Gasteiger partial charge in [0.1, 0.15) is 23.2 Å². The zero-order chi connectivity index (χ0) is 27.1. The van der Waals surface area contributed by atoms with Crippen LogP contribution in [0.1, 0.15) is 40.5 Å². The van der Waals surface area contributed by atoms with Crippen molar-refractivity contribution in [2.24, 2.45) is 0 Å². The van der Waals surface area contributed by atoms with Crippen molar-refractivity contribution < 1.29 is 29.0 Å². The minimum atomic E-state index is -1.08. The fourth-order valence-electron chi connectivity index (χ4n) is 4.16. The molecule has 4 rings (SSSR count). The molecular formula is C29H29N3O6. The summed E-state index contributed by atoms with van der Waals surface area (Å²) in [4.78, 5) is 40.9. The van der Waals surface area contributed by atoms with Gasteiger partial charge >= 0.3 is 5.97 Å². The highest BCUT2D eigenvalue weighted by atomic mass is 16.5. The molecule has 196 valence electrons. The Balaban J connectivity index is 1.60. The third-order valence-electron chi connectivity index (χ3n) is 6.23. The number of H-pyrrole nitrogens is 1. The second-order valence-corrected chi connectivity index (χ2v) is 8.72. The van der Waals surface area contributed by atoms with Crippen molar-refractivity contribution in [3.63, 3.8) is 0 Å². The number of carboxylic acids is 1. The summed E-state index contributed by atoms with van der Waals surface area (Å²) in [5.41, 5.74) is 2.62. The Kier molecular flexibility index (Phi) is 8.27. The first-order valence-corrected chi connectivity index (χ1v) is 12.1. The number of aliphatic carboxylic acids is 1. The molecule has 0 bridgehead atoms. The molecule has 1 aromatic heterocycles. The van der Waals surface area contributed by atoms with Gasteiger partial charge in [0.25, 0.3) is 5.91 Å². The predicted molar refractivity (Wildman–Crippen MR) is 142 cm³/mol. The van der Waals surface area contributed by atoms with Crippen LogP contribution in [0.4, 0.5) is 0 Å². The summed E-state index contributed by atoms with van der Waals surface area (Å²) in [5.74, 6) is -0.744. The van der Waals surface area contributed by atoms with Crippen molar-refractivity contribution in [3.8, 4) is 11.5 Å². The van der Waals surface area contributed by atoms with Gasteiger partial charge in [0, 0.05) is 17.3 Å². The standard InChI is InChI=1S/C29H29N3O6/c1-37-21-11-7-18(8-12-21)27(19-9-13-22(38-2)14-10-19)32-28(35)24(15-16-26(33)34)31-29(36)25-17-20-5-3-4-6-23(20)30-25/h3-14,17,24,27,30H,15-16H2,1-2H3,(H,31,36)(H,32,35)(H,33,34). The number of fused-ring (bicyclic) bond motifs is 1. The Hall–Kier alpha value is -4.79. The first-order chi connectivity index (χ1) is 18.4. The van der Waals surface area contributed by atoms with E-state index < -0.39 is 29.9 Å². The van der Waals surface area contributed by atoms with Gasteiger partial charge < -0.3 is 30.2 Å². The van der Waals surface area contributed by atoms with E-state index in [1.807, 2.05) is 48.5 Å². The third kappa shape index (κ3) is 6.31. The summed E-state index contributed by atoms with van der Waals surface area (Å²) in [5, 5.41) is 15.8. The number of aromatic amines is 1. The number of benzene rings is 3. The number of hydrogen-bond donors (Lipinski definition) is 4. The SMILES string of the molecule is COc1ccc(C(NC(=O)C(CCC(=O)O)NC(=O)c2cc3ccccc3[nH]2)c2ccc(OC)cc2)cc1. The van der Waals surface area contributed by atoms with Gasteiger partial charge in [-0.05, 0) is 53.9 Å². The number of amides is 2. The summed E-state index contributed by atoms with van der Waals surface area (Å²) in [6.45, 7) is 0. The van der Waals surface area contributed by atoms with E-state index in [1.54, 1.807) is 44.6 Å². The number of nitrogens with one attached hydrogen (secondary N) is 3. The van der Waals surface area contributed by atoms with Gasteiger partial charge in [-0.15, -0.1) is 0 Å². The molecule has 4 aromatic rings. The van der Waals surface area contributed by atoms with Crippen LogP contribution >= 0.6 is 0 Å². The van der Waals surface area contributed by atoms with Crippen molar-refractivity contribution in [1.82, 2.24) is 15.6 Å². The summed E-state index contributed by atoms with van der Waals surface area (Å²) in [6, 6.07) is 22.0. The molecule has 0 aliphatic carbocycles. The van der Waals surface area contributed by atoms with Gasteiger partial charge in [-0.3, -0.25) is 14.4 Å². The number of carbonyl (C=O) groups is 3. The number of ether oxygens (including phenoxy) is 2. The minimum Gasteiger partial charge on any atom is -0.497 e. The molecule has 0 saturated heterocycles. The zero-order valence-electron chi connectivity index (χ0n) is 21.1. The van der Waals surface area contributed by atoms with Crippen molar-refractivity contribution >= 4 is 28.7 Å². The molecule has 0 saturated carbocycles. The number of rotatable bonds is 11. The highest BCUT2D eigenvalue weighted by Gasteiger charge is 2.26. The fraction of sp³-hybridized carbons (Fsp3) is 0.207. The molecule has 2 amide bonds. The van der Waals surface area contributed by atoms with Crippen molar-refractivity contribution in [3.05, 3.63) is 95.7 Å². The zero-order valence-corrected chi connectivity index (χ0v) is 21.1. The maximum atomic E-state index is 13.5. The maximum absolute atomic E-state index is 13.5. The lowest BCUT2D eigenvalue weighted by atomic mass is 9.97. The molecular weight excluding hydrogens is 486 g/mol. The summed E-state index contributed by atoms with van der Waals surface area (Å²) in [7, 11) is 3.14. The van der Waals surface area contributed by atoms with Crippen LogP contribution in [0.25, 0.3) is 10.9 Å². The van der Waals surface area contributed by atoms with Gasteiger partial charge in [-0.25, -0.2) is 0 Å². The average molecular weight is 516 g/mol. The molecule has 0 spiro atoms. The molecule has 3 aromatic carbocycles. The van der Waals surface area contributed by atoms with Gasteiger partial charge in [-0.2, -0.15) is 0 Å². The van der Waals surface area contributed by atoms with E-state index in [-0.39, 0.29) is 18.5 Å². The molecule has 0 radical (unpaired) electrons. The maximum Gasteiger partial charge on any atom is 0.303 e. The van der Waals surface area contributed by atoms with E-state index in [0.717, 1.165) is 22.0 Å². The first-order valence-electron chi connectivity index (χ1n) is 12.1. The van der Waals surface area contributed by atoms with Crippen LogP contribution < -0.4 is 20.1 Å². The van der Waals surface area contributed by atoms with E-state index in [2.05, 4.69) is 15.6 Å². The van der Waals surface area contributed by atoms with E-state index in [9.17, 15) is 19.5 Å². The largest absolute Gasteiger partial charge is 0.497 e. The predicted octanol–water partition coefficient (Wildman–Crippen LogP) is 4.05. The smallest absolute Gasteiger partial charge is 0.303 e. The Morgan fingerprint density at radius 2 is 1.42 bits per heavy atom. The van der Waals surface area contributed by atoms with Crippen LogP contribution in [0.5, 0.6) is 11.5 Å². The van der Waals surface area contributed by atoms with Crippen LogP contribution in [0.15, 0.2) is 78.9 Å². The number of hydrogen-bond acceptors (Lipinski definition) is 5. The highest BCUT2D eigenvalue weighted by Crippen LogP contribution is 2.26. The monoisotopic (exact) mass is 515 g/mol. The molecule has 9 nitrogen and oxygen atoms in total. The molecule has 1 heterocycles. The number of carboxylic acid groups (broad SMARTS) is 1. The Morgan fingerprint density at radius 3 is 1.95 bits per heavy atom. The van der Waals surface area contributed by atoms with Crippen molar-refractivity contribution in [2.75, 3.05) is 14.2 Å². The van der Waals surface area contributed by atoms with Crippen LogP contribution in [0.3, 0.4) is 0 Å². The van der Waals surface area contributed by atoms with Crippen molar-refractivity contribution in [2.45, 2.75) is 24.9 Å². The van der Waals surface area contributed by atoms with Crippen LogP contribution in [0.2, 0.25) is 0 Å². The molecule has 0 fully saturated rings. The fourth-order valence-corrected chi connectivity index (χ4v) is 4.16. The summed E-state index contributed by atoms with van der Waals surface area (Å²) >= 11 is 0. The van der Waals surface area contributed by atoms with E-state index in [1.165, 1.54) is 0 Å². The van der Waals surface area contributed by atoms with Crippen LogP contribution in [-0.4, -0.2) is 48.1 Å². The normalized spacial score (nSPS) is 11.7. The van der Waals surface area contributed by atoms with Gasteiger partial charge in [0.2, 0.25) is 5.91 Å². The minimum absolute atomic E-state index is 0.0783. The van der Waals surface area contributed by atoms with E-state index in [4.69, 9.17) is 9.47 Å². The molecule has 1 unspecified atom stereocenters. The average Bonchev–Trinajstić information content (AvgIpc) is 3.38. The second-order valence-electron chi connectivity index (χ2n) is 8.72. The molecule has 0 aliphatic rings. The lowest BCUT2D eigenvalue weighted by molar-refractivity contribution is -0.137. The lowest BCUT2D eigenvalue weighted by Crippen LogP contribution is -2.48. The van der Waals surface area contributed by atoms with E-state index in [0.29, 0.717) is 11.5 Å². The number of para-hydroxylation sites is 1. The summed E-state index contributed by atoms with van der Waals surface area (Å²) < 4.78 is 10.5. The Bertz CT molecular complexity index is 1330. The topological polar surface area (TPSA) is 130 Å². The second kappa shape index (κ2) is 12.0. The number of aromatic nitrogens is 1. The number of carbonyl (C=O) groups excluding carboxylic acids is 2. The van der Waals surface area contributed by atoms with E-state index >= 15 is 0 Å². The van der Waals surface area contributed by atoms with Gasteiger partial charge in [0.05, 0.1) is 20.3 Å². The third-order valence-corrected chi connectivity index (χ3v) is 6.23. The molecule has 38 heavy (non-hydrogen) atoms. The molecule has 9 heteroatoms. The Labute approximate surface area is 219 Å². The first kappa shape index (κ1) is 26.3. The molecule has 1 atom stereocenters. The quantitative estimate of drug-likeness (QED) is 0.238. The molecule has 0 aliphatic heterocycles. The highest BCUT2D eigenvalue weighted by molar-refractivity contribution is 6.00. The summed E-state index contributed by atoms with van der Waals surface area (Å²) in [6.07, 6.45) is -0.369. The van der Waals surface area contributed by atoms with Gasteiger partial charge in [0.15, 0.2) is 0 Å².